The number of ether oxygens (including phenoxy) is 1. The summed E-state index contributed by atoms with van der Waals surface area (Å²) in [5, 5.41) is 3.33. The maximum absolute atomic E-state index is 12.4. The lowest BCUT2D eigenvalue weighted by Crippen LogP contribution is -2.53. The van der Waals surface area contributed by atoms with Crippen LogP contribution in [-0.2, 0) is 9.53 Å². The summed E-state index contributed by atoms with van der Waals surface area (Å²) in [6.07, 6.45) is 1.83. The number of carbonyl (C=O) groups is 1. The van der Waals surface area contributed by atoms with Crippen LogP contribution in [0, 0.1) is 0 Å². The second-order valence-corrected chi connectivity index (χ2v) is 5.18. The third kappa shape index (κ3) is 5.04. The molecule has 0 bridgehead atoms. The van der Waals surface area contributed by atoms with Crippen molar-refractivity contribution in [1.29, 1.82) is 0 Å². The molecule has 0 aromatic rings. The van der Waals surface area contributed by atoms with Crippen molar-refractivity contribution in [2.24, 2.45) is 0 Å². The molecule has 2 heterocycles. The van der Waals surface area contributed by atoms with E-state index >= 15 is 0 Å². The summed E-state index contributed by atoms with van der Waals surface area (Å²) in [6.45, 7) is 7.49. The molecule has 0 aromatic carbocycles. The number of amides is 1. The Balaban J connectivity index is 0.00000180. The van der Waals surface area contributed by atoms with Gasteiger partial charge >= 0.3 is 0 Å². The van der Waals surface area contributed by atoms with Crippen LogP contribution >= 0.6 is 24.8 Å². The van der Waals surface area contributed by atoms with E-state index in [0.717, 1.165) is 45.6 Å². The van der Waals surface area contributed by atoms with E-state index in [4.69, 9.17) is 4.74 Å². The van der Waals surface area contributed by atoms with Gasteiger partial charge in [0.25, 0.3) is 5.91 Å². The number of nitrogens with one attached hydrogen (secondary N) is 1. The van der Waals surface area contributed by atoms with Gasteiger partial charge in [-0.05, 0) is 32.5 Å². The fourth-order valence-electron chi connectivity index (χ4n) is 2.74. The molecule has 0 radical (unpaired) electrons. The molecule has 1 unspecified atom stereocenters. The first-order valence-electron chi connectivity index (χ1n) is 7.03. The first-order chi connectivity index (χ1) is 8.72. The maximum Gasteiger partial charge on any atom is 0.253 e. The summed E-state index contributed by atoms with van der Waals surface area (Å²) in [4.78, 5) is 16.6. The lowest BCUT2D eigenvalue weighted by atomic mass is 10.0. The third-order valence-electron chi connectivity index (χ3n) is 4.08. The van der Waals surface area contributed by atoms with Crippen molar-refractivity contribution >= 4 is 30.7 Å². The largest absolute Gasteiger partial charge is 0.366 e. The van der Waals surface area contributed by atoms with Gasteiger partial charge in [0.05, 0.1) is 6.61 Å². The van der Waals surface area contributed by atoms with Crippen molar-refractivity contribution in [3.63, 3.8) is 0 Å². The van der Waals surface area contributed by atoms with Gasteiger partial charge in [0.15, 0.2) is 0 Å². The molecule has 20 heavy (non-hydrogen) atoms. The van der Waals surface area contributed by atoms with Gasteiger partial charge in [-0.15, -0.1) is 24.8 Å². The van der Waals surface area contributed by atoms with E-state index in [0.29, 0.717) is 12.6 Å². The zero-order valence-corrected chi connectivity index (χ0v) is 14.0. The standard InChI is InChI=1S/C13H25N3O2.2ClH/c1-3-16-8-9-18-12(10-16)13(17)15(2)11-4-6-14-7-5-11;;/h11-12,14H,3-10H2,1-2H3;2*1H. The molecule has 2 saturated heterocycles. The summed E-state index contributed by atoms with van der Waals surface area (Å²) in [5.74, 6) is 0.153. The molecule has 0 saturated carbocycles. The van der Waals surface area contributed by atoms with E-state index < -0.39 is 0 Å². The maximum atomic E-state index is 12.4. The zero-order valence-electron chi connectivity index (χ0n) is 12.3. The highest BCUT2D eigenvalue weighted by molar-refractivity contribution is 5.85. The second kappa shape index (κ2) is 9.79. The monoisotopic (exact) mass is 327 g/mol. The van der Waals surface area contributed by atoms with Crippen molar-refractivity contribution < 1.29 is 9.53 Å². The molecule has 1 atom stereocenters. The van der Waals surface area contributed by atoms with Crippen LogP contribution in [0.5, 0.6) is 0 Å². The van der Waals surface area contributed by atoms with E-state index in [1.54, 1.807) is 0 Å². The number of likely N-dealkylation sites (N-methyl/N-ethyl adjacent to an activating group) is 2. The lowest BCUT2D eigenvalue weighted by Gasteiger charge is -2.37. The molecule has 0 spiro atoms. The third-order valence-corrected chi connectivity index (χ3v) is 4.08. The number of hydrogen-bond donors (Lipinski definition) is 1. The minimum Gasteiger partial charge on any atom is -0.366 e. The first-order valence-corrected chi connectivity index (χ1v) is 7.03. The Labute approximate surface area is 134 Å². The van der Waals surface area contributed by atoms with Crippen LogP contribution in [0.15, 0.2) is 0 Å². The van der Waals surface area contributed by atoms with Gasteiger partial charge in [0, 0.05) is 26.2 Å². The van der Waals surface area contributed by atoms with Gasteiger partial charge < -0.3 is 15.0 Å². The van der Waals surface area contributed by atoms with Gasteiger partial charge in [-0.25, -0.2) is 0 Å². The summed E-state index contributed by atoms with van der Waals surface area (Å²) in [5.41, 5.74) is 0. The number of carbonyl (C=O) groups excluding carboxylic acids is 1. The Morgan fingerprint density at radius 2 is 2.00 bits per heavy atom. The van der Waals surface area contributed by atoms with Crippen molar-refractivity contribution in [2.75, 3.05) is 46.4 Å². The van der Waals surface area contributed by atoms with E-state index in [9.17, 15) is 4.79 Å². The number of morpholine rings is 1. The topological polar surface area (TPSA) is 44.8 Å². The summed E-state index contributed by atoms with van der Waals surface area (Å²) in [7, 11) is 1.92. The molecule has 2 rings (SSSR count). The van der Waals surface area contributed by atoms with Crippen LogP contribution in [0.1, 0.15) is 19.8 Å². The minimum absolute atomic E-state index is 0. The summed E-state index contributed by atoms with van der Waals surface area (Å²) in [6, 6.07) is 0.374. The summed E-state index contributed by atoms with van der Waals surface area (Å²) >= 11 is 0. The van der Waals surface area contributed by atoms with Crippen LogP contribution in [-0.4, -0.2) is 74.2 Å². The highest BCUT2D eigenvalue weighted by Gasteiger charge is 2.31. The van der Waals surface area contributed by atoms with Crippen molar-refractivity contribution in [1.82, 2.24) is 15.1 Å². The van der Waals surface area contributed by atoms with Crippen LogP contribution in [0.4, 0.5) is 0 Å². The molecule has 5 nitrogen and oxygen atoms in total. The molecule has 1 amide bonds. The predicted molar refractivity (Wildman–Crippen MR) is 85.0 cm³/mol. The lowest BCUT2D eigenvalue weighted by molar-refractivity contribution is -0.150. The predicted octanol–water partition coefficient (Wildman–Crippen LogP) is 0.761. The average Bonchev–Trinajstić information content (AvgIpc) is 2.46. The normalized spacial score (nSPS) is 24.4. The van der Waals surface area contributed by atoms with E-state index in [1.165, 1.54) is 0 Å². The highest BCUT2D eigenvalue weighted by atomic mass is 35.5. The smallest absolute Gasteiger partial charge is 0.253 e. The number of rotatable bonds is 3. The Morgan fingerprint density at radius 1 is 1.35 bits per heavy atom. The van der Waals surface area contributed by atoms with Crippen molar-refractivity contribution in [3.8, 4) is 0 Å². The molecular weight excluding hydrogens is 301 g/mol. The number of nitrogens with zero attached hydrogens (tertiary/aromatic N) is 2. The summed E-state index contributed by atoms with van der Waals surface area (Å²) < 4.78 is 5.64. The van der Waals surface area contributed by atoms with Gasteiger partial charge in [0.1, 0.15) is 6.10 Å². The molecule has 1 N–H and O–H groups in total. The average molecular weight is 328 g/mol. The fourth-order valence-corrected chi connectivity index (χ4v) is 2.74. The molecule has 120 valence electrons. The molecule has 0 aliphatic carbocycles. The van der Waals surface area contributed by atoms with Crippen molar-refractivity contribution in [2.45, 2.75) is 31.9 Å². The highest BCUT2D eigenvalue weighted by Crippen LogP contribution is 2.14. The fraction of sp³-hybridized carbons (Fsp3) is 0.923. The van der Waals surface area contributed by atoms with E-state index in [-0.39, 0.29) is 36.8 Å². The van der Waals surface area contributed by atoms with Crippen LogP contribution in [0.2, 0.25) is 0 Å². The first kappa shape index (κ1) is 19.9. The minimum atomic E-state index is -0.265. The zero-order chi connectivity index (χ0) is 13.0. The van der Waals surface area contributed by atoms with E-state index in [2.05, 4.69) is 17.1 Å². The van der Waals surface area contributed by atoms with Crippen molar-refractivity contribution in [3.05, 3.63) is 0 Å². The van der Waals surface area contributed by atoms with Gasteiger partial charge in [0.2, 0.25) is 0 Å². The molecule has 7 heteroatoms. The van der Waals surface area contributed by atoms with Gasteiger partial charge in [-0.3, -0.25) is 9.69 Å². The Kier molecular flexibility index (Phi) is 9.76. The molecule has 2 fully saturated rings. The van der Waals surface area contributed by atoms with Gasteiger partial charge in [-0.1, -0.05) is 6.92 Å². The Morgan fingerprint density at radius 3 is 2.60 bits per heavy atom. The van der Waals surface area contributed by atoms with Crippen LogP contribution < -0.4 is 5.32 Å². The number of halogens is 2. The van der Waals surface area contributed by atoms with E-state index in [1.807, 2.05) is 11.9 Å². The Hall–Kier alpha value is -0.0700. The number of piperidine rings is 1. The SMILES string of the molecule is CCN1CCOC(C(=O)N(C)C2CCNCC2)C1.Cl.Cl. The van der Waals surface area contributed by atoms with Crippen LogP contribution in [0.3, 0.4) is 0 Å². The number of hydrogen-bond acceptors (Lipinski definition) is 4. The second-order valence-electron chi connectivity index (χ2n) is 5.18. The quantitative estimate of drug-likeness (QED) is 0.831. The molecule has 0 aromatic heterocycles. The van der Waals surface area contributed by atoms with Gasteiger partial charge in [-0.2, -0.15) is 0 Å². The Bertz CT molecular complexity index is 285. The molecular formula is C13H27Cl2N3O2. The molecule has 2 aliphatic rings. The molecule has 2 aliphatic heterocycles. The van der Waals surface area contributed by atoms with Crippen LogP contribution in [0.25, 0.3) is 0 Å².